The van der Waals surface area contributed by atoms with Crippen molar-refractivity contribution in [3.8, 4) is 0 Å². The lowest BCUT2D eigenvalue weighted by atomic mass is 10.2. The van der Waals surface area contributed by atoms with Gasteiger partial charge >= 0.3 is 5.97 Å². The number of pyridine rings is 1. The van der Waals surface area contributed by atoms with E-state index in [0.717, 1.165) is 0 Å². The molecule has 0 aliphatic rings. The van der Waals surface area contributed by atoms with Crippen molar-refractivity contribution >= 4 is 23.5 Å². The Morgan fingerprint density at radius 2 is 2.12 bits per heavy atom. The molecule has 1 amide bonds. The zero-order valence-corrected chi connectivity index (χ0v) is 9.91. The molecule has 0 atom stereocenters. The first-order valence-corrected chi connectivity index (χ1v) is 5.59. The van der Waals surface area contributed by atoms with E-state index >= 15 is 0 Å². The maximum absolute atomic E-state index is 11.5. The maximum Gasteiger partial charge on any atom is 0.303 e. The minimum atomic E-state index is -0.821. The third-order valence-corrected chi connectivity index (χ3v) is 2.32. The Morgan fingerprint density at radius 3 is 2.71 bits per heavy atom. The van der Waals surface area contributed by atoms with Gasteiger partial charge in [-0.2, -0.15) is 0 Å². The molecule has 0 aliphatic carbocycles. The van der Waals surface area contributed by atoms with Crippen LogP contribution in [0.2, 0.25) is 5.15 Å². The predicted octanol–water partition coefficient (Wildman–Crippen LogP) is 1.72. The number of carboxylic acid groups (broad SMARTS) is 1. The van der Waals surface area contributed by atoms with Gasteiger partial charge in [0.25, 0.3) is 5.91 Å². The number of aromatic nitrogens is 1. The summed E-state index contributed by atoms with van der Waals surface area (Å²) < 4.78 is 0. The molecule has 0 radical (unpaired) electrons. The Balaban J connectivity index is 2.25. The van der Waals surface area contributed by atoms with Crippen LogP contribution < -0.4 is 5.32 Å². The van der Waals surface area contributed by atoms with E-state index in [9.17, 15) is 9.59 Å². The smallest absolute Gasteiger partial charge is 0.303 e. The Kier molecular flexibility index (Phi) is 5.42. The summed E-state index contributed by atoms with van der Waals surface area (Å²) in [5.41, 5.74) is 0.438. The first-order chi connectivity index (χ1) is 8.09. The van der Waals surface area contributed by atoms with E-state index in [2.05, 4.69) is 10.3 Å². The second-order valence-electron chi connectivity index (χ2n) is 3.48. The van der Waals surface area contributed by atoms with Gasteiger partial charge in [-0.3, -0.25) is 9.59 Å². The van der Waals surface area contributed by atoms with Crippen molar-refractivity contribution in [2.24, 2.45) is 0 Å². The van der Waals surface area contributed by atoms with Crippen LogP contribution in [-0.4, -0.2) is 28.5 Å². The van der Waals surface area contributed by atoms with E-state index < -0.39 is 5.97 Å². The van der Waals surface area contributed by atoms with Crippen LogP contribution in [0.4, 0.5) is 0 Å². The van der Waals surface area contributed by atoms with Gasteiger partial charge in [0, 0.05) is 19.2 Å². The molecule has 0 saturated carbocycles. The minimum absolute atomic E-state index is 0.123. The lowest BCUT2D eigenvalue weighted by Gasteiger charge is -2.04. The predicted molar refractivity (Wildman–Crippen MR) is 63.1 cm³/mol. The number of carboxylic acids is 1. The van der Waals surface area contributed by atoms with Gasteiger partial charge in [0.1, 0.15) is 5.15 Å². The minimum Gasteiger partial charge on any atom is -0.481 e. The maximum atomic E-state index is 11.5. The average molecular weight is 257 g/mol. The monoisotopic (exact) mass is 256 g/mol. The first-order valence-electron chi connectivity index (χ1n) is 5.21. The largest absolute Gasteiger partial charge is 0.481 e. The van der Waals surface area contributed by atoms with Gasteiger partial charge in [0.2, 0.25) is 0 Å². The highest BCUT2D eigenvalue weighted by molar-refractivity contribution is 6.29. The molecule has 0 unspecified atom stereocenters. The number of unbranched alkanes of at least 4 members (excludes halogenated alkanes) is 1. The number of nitrogens with zero attached hydrogens (tertiary/aromatic N) is 1. The third-order valence-electron chi connectivity index (χ3n) is 2.09. The number of rotatable bonds is 6. The van der Waals surface area contributed by atoms with Crippen molar-refractivity contribution < 1.29 is 14.7 Å². The van der Waals surface area contributed by atoms with Crippen LogP contribution in [0.1, 0.15) is 29.6 Å². The van der Waals surface area contributed by atoms with E-state index in [1.807, 2.05) is 0 Å². The molecule has 0 saturated heterocycles. The topological polar surface area (TPSA) is 79.3 Å². The van der Waals surface area contributed by atoms with Crippen molar-refractivity contribution in [1.29, 1.82) is 0 Å². The summed E-state index contributed by atoms with van der Waals surface area (Å²) in [6, 6.07) is 3.13. The fourth-order valence-electron chi connectivity index (χ4n) is 1.22. The normalized spacial score (nSPS) is 9.94. The number of hydrogen-bond acceptors (Lipinski definition) is 3. The molecule has 2 N–H and O–H groups in total. The van der Waals surface area contributed by atoms with Crippen LogP contribution in [0, 0.1) is 0 Å². The zero-order valence-electron chi connectivity index (χ0n) is 9.15. The summed E-state index contributed by atoms with van der Waals surface area (Å²) >= 11 is 5.59. The Morgan fingerprint density at radius 1 is 1.35 bits per heavy atom. The molecule has 1 heterocycles. The standard InChI is InChI=1S/C11H13ClN2O3/c12-9-5-4-8(7-14-9)11(17)13-6-2-1-3-10(15)16/h4-5,7H,1-3,6H2,(H,13,17)(H,15,16). The van der Waals surface area contributed by atoms with Gasteiger partial charge in [-0.25, -0.2) is 4.98 Å². The van der Waals surface area contributed by atoms with E-state index in [4.69, 9.17) is 16.7 Å². The van der Waals surface area contributed by atoms with E-state index in [0.29, 0.717) is 30.1 Å². The number of hydrogen-bond donors (Lipinski definition) is 2. The summed E-state index contributed by atoms with van der Waals surface area (Å²) in [4.78, 5) is 25.6. The van der Waals surface area contributed by atoms with E-state index in [-0.39, 0.29) is 12.3 Å². The van der Waals surface area contributed by atoms with Gasteiger partial charge in [0.05, 0.1) is 5.56 Å². The summed E-state index contributed by atoms with van der Waals surface area (Å²) in [6.45, 7) is 0.453. The number of aliphatic carboxylic acids is 1. The number of halogens is 1. The fourth-order valence-corrected chi connectivity index (χ4v) is 1.33. The summed E-state index contributed by atoms with van der Waals surface area (Å²) in [5.74, 6) is -1.05. The molecular formula is C11H13ClN2O3. The van der Waals surface area contributed by atoms with E-state index in [1.54, 1.807) is 12.1 Å². The van der Waals surface area contributed by atoms with Crippen LogP contribution in [0.3, 0.4) is 0 Å². The lowest BCUT2D eigenvalue weighted by molar-refractivity contribution is -0.137. The molecule has 1 aromatic heterocycles. The van der Waals surface area contributed by atoms with Crippen LogP contribution in [-0.2, 0) is 4.79 Å². The van der Waals surface area contributed by atoms with Gasteiger partial charge < -0.3 is 10.4 Å². The molecule has 0 fully saturated rings. The second kappa shape index (κ2) is 6.85. The van der Waals surface area contributed by atoms with E-state index in [1.165, 1.54) is 6.20 Å². The second-order valence-corrected chi connectivity index (χ2v) is 3.86. The van der Waals surface area contributed by atoms with Crippen molar-refractivity contribution in [3.05, 3.63) is 29.0 Å². The molecule has 6 heteroatoms. The highest BCUT2D eigenvalue weighted by Crippen LogP contribution is 2.05. The van der Waals surface area contributed by atoms with Gasteiger partial charge in [0.15, 0.2) is 0 Å². The van der Waals surface area contributed by atoms with Crippen molar-refractivity contribution in [2.45, 2.75) is 19.3 Å². The van der Waals surface area contributed by atoms with Crippen molar-refractivity contribution in [1.82, 2.24) is 10.3 Å². The highest BCUT2D eigenvalue weighted by Gasteiger charge is 2.05. The molecular weight excluding hydrogens is 244 g/mol. The number of carbonyl (C=O) groups is 2. The highest BCUT2D eigenvalue weighted by atomic mass is 35.5. The number of carbonyl (C=O) groups excluding carboxylic acids is 1. The first kappa shape index (κ1) is 13.4. The molecule has 1 rings (SSSR count). The molecule has 0 bridgehead atoms. The quantitative estimate of drug-likeness (QED) is 0.600. The summed E-state index contributed by atoms with van der Waals surface area (Å²) in [5, 5.41) is 11.4. The van der Waals surface area contributed by atoms with Crippen LogP contribution in [0.25, 0.3) is 0 Å². The van der Waals surface area contributed by atoms with Crippen LogP contribution in [0.5, 0.6) is 0 Å². The molecule has 17 heavy (non-hydrogen) atoms. The molecule has 5 nitrogen and oxygen atoms in total. The lowest BCUT2D eigenvalue weighted by Crippen LogP contribution is -2.24. The SMILES string of the molecule is O=C(O)CCCCNC(=O)c1ccc(Cl)nc1. The van der Waals surface area contributed by atoms with Gasteiger partial charge in [-0.1, -0.05) is 11.6 Å². The van der Waals surface area contributed by atoms with Crippen molar-refractivity contribution in [2.75, 3.05) is 6.54 Å². The number of amides is 1. The molecule has 0 aliphatic heterocycles. The third kappa shape index (κ3) is 5.31. The zero-order chi connectivity index (χ0) is 12.7. The Labute approximate surface area is 104 Å². The van der Waals surface area contributed by atoms with Crippen molar-refractivity contribution in [3.63, 3.8) is 0 Å². The summed E-state index contributed by atoms with van der Waals surface area (Å²) in [6.07, 6.45) is 2.71. The molecule has 92 valence electrons. The molecule has 0 spiro atoms. The van der Waals surface area contributed by atoms with Gasteiger partial charge in [-0.15, -0.1) is 0 Å². The average Bonchev–Trinajstić information content (AvgIpc) is 2.29. The molecule has 0 aromatic carbocycles. The Hall–Kier alpha value is -1.62. The fraction of sp³-hybridized carbons (Fsp3) is 0.364. The van der Waals surface area contributed by atoms with Crippen LogP contribution >= 0.6 is 11.6 Å². The Bertz CT molecular complexity index is 392. The number of nitrogens with one attached hydrogen (secondary N) is 1. The van der Waals surface area contributed by atoms with Crippen LogP contribution in [0.15, 0.2) is 18.3 Å². The summed E-state index contributed by atoms with van der Waals surface area (Å²) in [7, 11) is 0. The van der Waals surface area contributed by atoms with Gasteiger partial charge in [-0.05, 0) is 25.0 Å². The molecule has 1 aromatic rings.